The molecule has 0 aliphatic carbocycles. The van der Waals surface area contributed by atoms with E-state index in [0.29, 0.717) is 5.92 Å². The largest absolute Gasteiger partial charge is 0.376 e. The standard InChI is InChI=1S/C8H16N2/c1-6(2)8-4-7(9)5-10(8)3/h4,6-7H,5,9H2,1-3H3. The number of hydrogen-bond acceptors (Lipinski definition) is 2. The van der Waals surface area contributed by atoms with E-state index >= 15 is 0 Å². The lowest BCUT2D eigenvalue weighted by molar-refractivity contribution is 0.401. The van der Waals surface area contributed by atoms with Crippen LogP contribution in [0.3, 0.4) is 0 Å². The van der Waals surface area contributed by atoms with E-state index in [-0.39, 0.29) is 6.04 Å². The highest BCUT2D eigenvalue weighted by molar-refractivity contribution is 5.14. The van der Waals surface area contributed by atoms with E-state index in [2.05, 4.69) is 31.9 Å². The molecule has 0 bridgehead atoms. The molecular formula is C8H16N2. The van der Waals surface area contributed by atoms with Crippen LogP contribution in [0.1, 0.15) is 13.8 Å². The Hall–Kier alpha value is -0.500. The maximum absolute atomic E-state index is 5.74. The van der Waals surface area contributed by atoms with Crippen LogP contribution in [0.2, 0.25) is 0 Å². The van der Waals surface area contributed by atoms with Crippen molar-refractivity contribution in [1.82, 2.24) is 4.90 Å². The summed E-state index contributed by atoms with van der Waals surface area (Å²) in [6.07, 6.45) is 2.16. The molecule has 1 aliphatic rings. The van der Waals surface area contributed by atoms with E-state index in [9.17, 15) is 0 Å². The van der Waals surface area contributed by atoms with E-state index in [0.717, 1.165) is 6.54 Å². The fraction of sp³-hybridized carbons (Fsp3) is 0.750. The molecule has 1 heterocycles. The van der Waals surface area contributed by atoms with Gasteiger partial charge in [0.2, 0.25) is 0 Å². The van der Waals surface area contributed by atoms with Crippen molar-refractivity contribution in [2.24, 2.45) is 11.7 Å². The summed E-state index contributed by atoms with van der Waals surface area (Å²) in [5, 5.41) is 0. The van der Waals surface area contributed by atoms with E-state index in [4.69, 9.17) is 5.73 Å². The Bertz CT molecular complexity index is 149. The van der Waals surface area contributed by atoms with Gasteiger partial charge >= 0.3 is 0 Å². The summed E-state index contributed by atoms with van der Waals surface area (Å²) < 4.78 is 0. The Balaban J connectivity index is 2.65. The fourth-order valence-corrected chi connectivity index (χ4v) is 1.45. The molecule has 0 aromatic carbocycles. The van der Waals surface area contributed by atoms with E-state index in [1.165, 1.54) is 5.70 Å². The van der Waals surface area contributed by atoms with Gasteiger partial charge in [-0.15, -0.1) is 0 Å². The van der Waals surface area contributed by atoms with Crippen LogP contribution in [0.4, 0.5) is 0 Å². The molecule has 0 saturated heterocycles. The summed E-state index contributed by atoms with van der Waals surface area (Å²) >= 11 is 0. The highest BCUT2D eigenvalue weighted by atomic mass is 15.1. The molecule has 2 N–H and O–H groups in total. The van der Waals surface area contributed by atoms with Crippen LogP contribution in [0.15, 0.2) is 11.8 Å². The Morgan fingerprint density at radius 3 is 2.50 bits per heavy atom. The lowest BCUT2D eigenvalue weighted by Gasteiger charge is -2.18. The molecule has 1 aliphatic heterocycles. The van der Waals surface area contributed by atoms with Crippen molar-refractivity contribution in [2.45, 2.75) is 19.9 Å². The van der Waals surface area contributed by atoms with Gasteiger partial charge in [0.05, 0.1) is 0 Å². The van der Waals surface area contributed by atoms with Gasteiger partial charge in [0.25, 0.3) is 0 Å². The predicted octanol–water partition coefficient (Wildman–Crippen LogP) is 0.799. The maximum Gasteiger partial charge on any atom is 0.0422 e. The van der Waals surface area contributed by atoms with Crippen molar-refractivity contribution in [1.29, 1.82) is 0 Å². The van der Waals surface area contributed by atoms with Crippen LogP contribution in [0.25, 0.3) is 0 Å². The van der Waals surface area contributed by atoms with Crippen LogP contribution < -0.4 is 5.73 Å². The lowest BCUT2D eigenvalue weighted by Crippen LogP contribution is -2.26. The molecule has 0 aromatic heterocycles. The van der Waals surface area contributed by atoms with Gasteiger partial charge in [0.15, 0.2) is 0 Å². The summed E-state index contributed by atoms with van der Waals surface area (Å²) in [4.78, 5) is 2.23. The summed E-state index contributed by atoms with van der Waals surface area (Å²) in [6, 6.07) is 0.252. The van der Waals surface area contributed by atoms with Gasteiger partial charge in [0.1, 0.15) is 0 Å². The highest BCUT2D eigenvalue weighted by Crippen LogP contribution is 2.19. The second kappa shape index (κ2) is 2.62. The molecule has 2 nitrogen and oxygen atoms in total. The molecule has 0 saturated carbocycles. The average molecular weight is 140 g/mol. The fourth-order valence-electron chi connectivity index (χ4n) is 1.45. The minimum atomic E-state index is 0.252. The normalized spacial score (nSPS) is 25.9. The van der Waals surface area contributed by atoms with Crippen molar-refractivity contribution >= 4 is 0 Å². The van der Waals surface area contributed by atoms with Crippen molar-refractivity contribution in [3.8, 4) is 0 Å². The van der Waals surface area contributed by atoms with Crippen molar-refractivity contribution in [3.05, 3.63) is 11.8 Å². The second-order valence-electron chi connectivity index (χ2n) is 3.29. The van der Waals surface area contributed by atoms with Crippen molar-refractivity contribution in [3.63, 3.8) is 0 Å². The van der Waals surface area contributed by atoms with Crippen LogP contribution in [0, 0.1) is 5.92 Å². The van der Waals surface area contributed by atoms with Gasteiger partial charge in [-0.3, -0.25) is 0 Å². The van der Waals surface area contributed by atoms with Crippen LogP contribution >= 0.6 is 0 Å². The number of rotatable bonds is 1. The first-order valence-corrected chi connectivity index (χ1v) is 3.79. The molecule has 2 heteroatoms. The molecule has 0 aromatic rings. The zero-order valence-corrected chi connectivity index (χ0v) is 6.96. The third kappa shape index (κ3) is 1.32. The second-order valence-corrected chi connectivity index (χ2v) is 3.29. The third-order valence-electron chi connectivity index (χ3n) is 1.90. The number of nitrogens with two attached hydrogens (primary N) is 1. The van der Waals surface area contributed by atoms with E-state index in [1.54, 1.807) is 0 Å². The van der Waals surface area contributed by atoms with E-state index < -0.39 is 0 Å². The minimum Gasteiger partial charge on any atom is -0.376 e. The summed E-state index contributed by atoms with van der Waals surface area (Å²) in [5.41, 5.74) is 7.12. The smallest absolute Gasteiger partial charge is 0.0422 e. The molecule has 10 heavy (non-hydrogen) atoms. The predicted molar refractivity (Wildman–Crippen MR) is 43.5 cm³/mol. The molecule has 0 amide bonds. The van der Waals surface area contributed by atoms with Gasteiger partial charge in [-0.25, -0.2) is 0 Å². The zero-order chi connectivity index (χ0) is 7.72. The van der Waals surface area contributed by atoms with Crippen molar-refractivity contribution < 1.29 is 0 Å². The zero-order valence-electron chi connectivity index (χ0n) is 6.96. The monoisotopic (exact) mass is 140 g/mol. The van der Waals surface area contributed by atoms with E-state index in [1.807, 2.05) is 0 Å². The Morgan fingerprint density at radius 2 is 2.30 bits per heavy atom. The quantitative estimate of drug-likeness (QED) is 0.583. The molecule has 1 atom stereocenters. The molecule has 58 valence electrons. The Morgan fingerprint density at radius 1 is 1.70 bits per heavy atom. The maximum atomic E-state index is 5.74. The molecule has 1 rings (SSSR count). The number of hydrogen-bond donors (Lipinski definition) is 1. The SMILES string of the molecule is CC(C)C1=CC(N)CN1C. The lowest BCUT2D eigenvalue weighted by atomic mass is 10.1. The first-order valence-electron chi connectivity index (χ1n) is 3.79. The number of likely N-dealkylation sites (N-methyl/N-ethyl adjacent to an activating group) is 1. The topological polar surface area (TPSA) is 29.3 Å². The first kappa shape index (κ1) is 7.61. The van der Waals surface area contributed by atoms with Gasteiger partial charge in [0, 0.05) is 25.3 Å². The summed E-state index contributed by atoms with van der Waals surface area (Å²) in [6.45, 7) is 5.37. The number of nitrogens with zero attached hydrogens (tertiary/aromatic N) is 1. The summed E-state index contributed by atoms with van der Waals surface area (Å²) in [5.74, 6) is 0.610. The Kier molecular flexibility index (Phi) is 2.00. The van der Waals surface area contributed by atoms with Crippen molar-refractivity contribution in [2.75, 3.05) is 13.6 Å². The van der Waals surface area contributed by atoms with Gasteiger partial charge in [-0.1, -0.05) is 13.8 Å². The molecular weight excluding hydrogens is 124 g/mol. The van der Waals surface area contributed by atoms with Crippen LogP contribution in [0.5, 0.6) is 0 Å². The molecule has 0 spiro atoms. The molecule has 0 radical (unpaired) electrons. The highest BCUT2D eigenvalue weighted by Gasteiger charge is 2.18. The van der Waals surface area contributed by atoms with Crippen LogP contribution in [-0.2, 0) is 0 Å². The minimum absolute atomic E-state index is 0.252. The molecule has 0 fully saturated rings. The molecule has 1 unspecified atom stereocenters. The summed E-state index contributed by atoms with van der Waals surface area (Å²) in [7, 11) is 2.10. The number of allylic oxidation sites excluding steroid dienone is 1. The van der Waals surface area contributed by atoms with Gasteiger partial charge < -0.3 is 10.6 Å². The van der Waals surface area contributed by atoms with Gasteiger partial charge in [-0.2, -0.15) is 0 Å². The van der Waals surface area contributed by atoms with Crippen LogP contribution in [-0.4, -0.2) is 24.5 Å². The third-order valence-corrected chi connectivity index (χ3v) is 1.90. The van der Waals surface area contributed by atoms with Gasteiger partial charge in [-0.05, 0) is 12.0 Å². The Labute approximate surface area is 62.7 Å². The average Bonchev–Trinajstić information content (AvgIpc) is 2.10. The first-order chi connectivity index (χ1) is 4.61.